The molecule has 4 nitrogen and oxygen atoms in total. The predicted molar refractivity (Wildman–Crippen MR) is 47.0 cm³/mol. The third-order valence-corrected chi connectivity index (χ3v) is 1.38. The van der Waals surface area contributed by atoms with E-state index in [0.717, 1.165) is 0 Å². The molecule has 0 spiro atoms. The van der Waals surface area contributed by atoms with Crippen LogP contribution < -0.4 is 0 Å². The summed E-state index contributed by atoms with van der Waals surface area (Å²) in [5, 5.41) is 3.14. The molecule has 1 rings (SSSR count). The Labute approximate surface area is 82.8 Å². The molecule has 1 heterocycles. The quantitative estimate of drug-likeness (QED) is 0.576. The van der Waals surface area contributed by atoms with Gasteiger partial charge in [-0.2, -0.15) is 18.2 Å². The number of halogens is 3. The fraction of sp³-hybridized carbons (Fsp3) is 0.125. The van der Waals surface area contributed by atoms with E-state index in [2.05, 4.69) is 33.0 Å². The molecule has 0 N–H and O–H groups in total. The van der Waals surface area contributed by atoms with E-state index in [1.807, 2.05) is 0 Å². The highest BCUT2D eigenvalue weighted by atomic mass is 19.4. The zero-order valence-corrected chi connectivity index (χ0v) is 7.45. The second-order valence-corrected chi connectivity index (χ2v) is 2.39. The average molecular weight is 217 g/mol. The molecule has 0 saturated carbocycles. The monoisotopic (exact) mass is 217 g/mol. The summed E-state index contributed by atoms with van der Waals surface area (Å²) in [5.41, 5.74) is 0.198. The van der Waals surface area contributed by atoms with E-state index < -0.39 is 12.1 Å². The van der Waals surface area contributed by atoms with Crippen molar-refractivity contribution < 1.29 is 17.7 Å². The molecule has 0 saturated heterocycles. The summed E-state index contributed by atoms with van der Waals surface area (Å²) in [6.45, 7) is 6.52. The molecule has 0 fully saturated rings. The van der Waals surface area contributed by atoms with Crippen LogP contribution in [0.2, 0.25) is 0 Å². The number of aromatic nitrogens is 2. The summed E-state index contributed by atoms with van der Waals surface area (Å²) in [7, 11) is 0. The maximum Gasteiger partial charge on any atom is 0.471 e. The van der Waals surface area contributed by atoms with E-state index in [1.54, 1.807) is 0 Å². The summed E-state index contributed by atoms with van der Waals surface area (Å²) in [6.07, 6.45) is -2.23. The Kier molecular flexibility index (Phi) is 3.03. The van der Waals surface area contributed by atoms with Crippen LogP contribution in [0.15, 0.2) is 28.4 Å². The van der Waals surface area contributed by atoms with Gasteiger partial charge in [0.2, 0.25) is 5.82 Å². The van der Waals surface area contributed by atoms with E-state index in [0.29, 0.717) is 0 Å². The molecule has 1 aromatic rings. The third kappa shape index (κ3) is 2.52. The topological polar surface area (TPSA) is 51.3 Å². The summed E-state index contributed by atoms with van der Waals surface area (Å²) in [5.74, 6) is -1.64. The molecule has 0 aromatic carbocycles. The van der Waals surface area contributed by atoms with Gasteiger partial charge < -0.3 is 4.52 Å². The molecule has 0 unspecified atom stereocenters. The maximum absolute atomic E-state index is 12.1. The zero-order valence-electron chi connectivity index (χ0n) is 7.45. The van der Waals surface area contributed by atoms with Crippen molar-refractivity contribution in [2.24, 2.45) is 4.99 Å². The average Bonchev–Trinajstić information content (AvgIpc) is 2.62. The Morgan fingerprint density at radius 3 is 2.53 bits per heavy atom. The standard InChI is InChI=1S/C8H6F3N3O/c1-3-5(4-12-2)6-13-7(15-14-6)8(9,10)11/h3-4H,1-2H2. The molecule has 7 heteroatoms. The van der Waals surface area contributed by atoms with Crippen LogP contribution in [0.5, 0.6) is 0 Å². The van der Waals surface area contributed by atoms with Crippen molar-refractivity contribution >= 4 is 12.3 Å². The molecule has 0 amide bonds. The molecule has 0 aliphatic heterocycles. The first kappa shape index (κ1) is 11.2. The first-order chi connectivity index (χ1) is 6.99. The Balaban J connectivity index is 3.08. The van der Waals surface area contributed by atoms with Crippen molar-refractivity contribution in [2.45, 2.75) is 6.18 Å². The van der Waals surface area contributed by atoms with Gasteiger partial charge in [0.1, 0.15) is 0 Å². The molecular formula is C8H6F3N3O. The lowest BCUT2D eigenvalue weighted by Gasteiger charge is -1.96. The minimum absolute atomic E-state index is 0.198. The van der Waals surface area contributed by atoms with Gasteiger partial charge >= 0.3 is 12.1 Å². The van der Waals surface area contributed by atoms with E-state index in [4.69, 9.17) is 0 Å². The molecule has 0 radical (unpaired) electrons. The molecule has 0 atom stereocenters. The summed E-state index contributed by atoms with van der Waals surface area (Å²) < 4.78 is 40.3. The van der Waals surface area contributed by atoms with Crippen molar-refractivity contribution in [2.75, 3.05) is 0 Å². The molecule has 0 aliphatic rings. The largest absolute Gasteiger partial charge is 0.471 e. The van der Waals surface area contributed by atoms with Crippen LogP contribution in [0.25, 0.3) is 5.57 Å². The molecule has 15 heavy (non-hydrogen) atoms. The lowest BCUT2D eigenvalue weighted by Crippen LogP contribution is -2.05. The lowest BCUT2D eigenvalue weighted by molar-refractivity contribution is -0.159. The number of nitrogens with zero attached hydrogens (tertiary/aromatic N) is 3. The van der Waals surface area contributed by atoms with Gasteiger partial charge in [-0.25, -0.2) is 0 Å². The van der Waals surface area contributed by atoms with Gasteiger partial charge in [-0.3, -0.25) is 4.99 Å². The normalized spacial score (nSPS) is 12.6. The van der Waals surface area contributed by atoms with Crippen molar-refractivity contribution in [3.05, 3.63) is 30.6 Å². The van der Waals surface area contributed by atoms with Crippen LogP contribution in [-0.2, 0) is 6.18 Å². The zero-order chi connectivity index (χ0) is 11.5. The van der Waals surface area contributed by atoms with Crippen molar-refractivity contribution in [1.29, 1.82) is 0 Å². The summed E-state index contributed by atoms with van der Waals surface area (Å²) >= 11 is 0. The van der Waals surface area contributed by atoms with Crippen LogP contribution in [-0.4, -0.2) is 16.9 Å². The van der Waals surface area contributed by atoms with Crippen molar-refractivity contribution in [1.82, 2.24) is 10.1 Å². The fourth-order valence-corrected chi connectivity index (χ4v) is 0.756. The van der Waals surface area contributed by atoms with Crippen LogP contribution in [0.3, 0.4) is 0 Å². The van der Waals surface area contributed by atoms with Crippen LogP contribution in [0.1, 0.15) is 11.7 Å². The van der Waals surface area contributed by atoms with Gasteiger partial charge in [-0.15, -0.1) is 0 Å². The van der Waals surface area contributed by atoms with Gasteiger partial charge in [0, 0.05) is 11.8 Å². The predicted octanol–water partition coefficient (Wildman–Crippen LogP) is 2.32. The number of hydrogen-bond donors (Lipinski definition) is 0. The second-order valence-electron chi connectivity index (χ2n) is 2.39. The van der Waals surface area contributed by atoms with Crippen LogP contribution >= 0.6 is 0 Å². The van der Waals surface area contributed by atoms with E-state index in [9.17, 15) is 13.2 Å². The SMILES string of the molecule is C=CC(=CN=C)c1noc(C(F)(F)F)n1. The second kappa shape index (κ2) is 4.07. The van der Waals surface area contributed by atoms with Gasteiger partial charge in [-0.1, -0.05) is 17.8 Å². The van der Waals surface area contributed by atoms with Gasteiger partial charge in [0.25, 0.3) is 0 Å². The fourth-order valence-electron chi connectivity index (χ4n) is 0.756. The van der Waals surface area contributed by atoms with Gasteiger partial charge in [-0.05, 0) is 6.72 Å². The first-order valence-corrected chi connectivity index (χ1v) is 3.68. The first-order valence-electron chi connectivity index (χ1n) is 3.68. The smallest absolute Gasteiger partial charge is 0.329 e. The van der Waals surface area contributed by atoms with E-state index in [1.165, 1.54) is 12.3 Å². The highest BCUT2D eigenvalue weighted by Crippen LogP contribution is 2.28. The van der Waals surface area contributed by atoms with E-state index >= 15 is 0 Å². The van der Waals surface area contributed by atoms with Crippen LogP contribution in [0, 0.1) is 0 Å². The Hall–Kier alpha value is -1.92. The minimum atomic E-state index is -4.65. The number of alkyl halides is 3. The molecule has 0 aliphatic carbocycles. The summed E-state index contributed by atoms with van der Waals surface area (Å²) in [4.78, 5) is 6.51. The minimum Gasteiger partial charge on any atom is -0.329 e. The highest BCUT2D eigenvalue weighted by molar-refractivity contribution is 5.68. The molecule has 80 valence electrons. The third-order valence-electron chi connectivity index (χ3n) is 1.38. The highest BCUT2D eigenvalue weighted by Gasteiger charge is 2.38. The number of hydrogen-bond acceptors (Lipinski definition) is 4. The van der Waals surface area contributed by atoms with E-state index in [-0.39, 0.29) is 11.4 Å². The van der Waals surface area contributed by atoms with Crippen molar-refractivity contribution in [3.8, 4) is 0 Å². The Bertz CT molecular complexity index is 406. The van der Waals surface area contributed by atoms with Gasteiger partial charge in [0.05, 0.1) is 0 Å². The van der Waals surface area contributed by atoms with Gasteiger partial charge in [0.15, 0.2) is 0 Å². The Morgan fingerprint density at radius 1 is 1.47 bits per heavy atom. The molecular weight excluding hydrogens is 211 g/mol. The summed E-state index contributed by atoms with van der Waals surface area (Å²) in [6, 6.07) is 0. The Morgan fingerprint density at radius 2 is 2.13 bits per heavy atom. The number of rotatable bonds is 3. The van der Waals surface area contributed by atoms with Crippen molar-refractivity contribution in [3.63, 3.8) is 0 Å². The maximum atomic E-state index is 12.1. The lowest BCUT2D eigenvalue weighted by atomic mass is 10.3. The molecule has 0 bridgehead atoms. The molecule has 1 aromatic heterocycles. The van der Waals surface area contributed by atoms with Crippen LogP contribution in [0.4, 0.5) is 13.2 Å². The number of allylic oxidation sites excluding steroid dienone is 2. The number of aliphatic imine (C=N–C) groups is 1.